The molecule has 1 fully saturated rings. The number of thiophene rings is 1. The van der Waals surface area contributed by atoms with Crippen molar-refractivity contribution in [2.45, 2.75) is 18.9 Å². The molecule has 1 saturated heterocycles. The molecule has 6 nitrogen and oxygen atoms in total. The van der Waals surface area contributed by atoms with E-state index in [0.29, 0.717) is 16.2 Å². The van der Waals surface area contributed by atoms with Crippen LogP contribution in [0, 0.1) is 11.8 Å². The first-order valence-electron chi connectivity index (χ1n) is 6.22. The second-order valence-corrected chi connectivity index (χ2v) is 5.46. The molecule has 0 unspecified atom stereocenters. The average Bonchev–Trinajstić information content (AvgIpc) is 3.06. The highest BCUT2D eigenvalue weighted by molar-refractivity contribution is 7.14. The number of amides is 1. The number of carboxylic acids is 1. The molecule has 1 aromatic heterocycles. The van der Waals surface area contributed by atoms with E-state index in [9.17, 15) is 14.4 Å². The number of carboxylic acid groups (broad SMARTS) is 1. The highest BCUT2D eigenvalue weighted by atomic mass is 32.1. The predicted octanol–water partition coefficient (Wildman–Crippen LogP) is 0.962. The molecule has 1 aliphatic heterocycles. The fraction of sp³-hybridized carbons (Fsp3) is 0.357. The van der Waals surface area contributed by atoms with Crippen LogP contribution in [0.3, 0.4) is 0 Å². The van der Waals surface area contributed by atoms with Crippen LogP contribution in [0.25, 0.3) is 0 Å². The van der Waals surface area contributed by atoms with Crippen LogP contribution in [0.5, 0.6) is 0 Å². The molecule has 0 aromatic carbocycles. The Labute approximate surface area is 125 Å². The fourth-order valence-electron chi connectivity index (χ4n) is 2.02. The first-order chi connectivity index (χ1) is 10.0. The van der Waals surface area contributed by atoms with Gasteiger partial charge in [-0.05, 0) is 18.6 Å². The van der Waals surface area contributed by atoms with E-state index < -0.39 is 18.0 Å². The van der Waals surface area contributed by atoms with E-state index in [4.69, 9.17) is 5.11 Å². The van der Waals surface area contributed by atoms with Crippen LogP contribution in [0.2, 0.25) is 0 Å². The van der Waals surface area contributed by atoms with Crippen molar-refractivity contribution in [2.24, 2.45) is 0 Å². The van der Waals surface area contributed by atoms with Gasteiger partial charge in [-0.3, -0.25) is 4.79 Å². The third-order valence-corrected chi connectivity index (χ3v) is 4.05. The number of esters is 1. The zero-order valence-corrected chi connectivity index (χ0v) is 12.1. The minimum Gasteiger partial charge on any atom is -0.480 e. The molecule has 0 radical (unpaired) electrons. The van der Waals surface area contributed by atoms with Crippen LogP contribution in [0.4, 0.5) is 0 Å². The van der Waals surface area contributed by atoms with Crippen molar-refractivity contribution in [3.05, 3.63) is 21.9 Å². The number of ether oxygens (including phenoxy) is 1. The Hall–Kier alpha value is -2.33. The molecular weight excluding hydrogens is 294 g/mol. The number of methoxy groups -OCH3 is 1. The molecule has 1 amide bonds. The second kappa shape index (κ2) is 6.41. The second-order valence-electron chi connectivity index (χ2n) is 4.37. The summed E-state index contributed by atoms with van der Waals surface area (Å²) in [4.78, 5) is 36.3. The normalized spacial score (nSPS) is 17.3. The summed E-state index contributed by atoms with van der Waals surface area (Å²) in [6.45, 7) is 0.0707. The molecule has 0 spiro atoms. The third-order valence-electron chi connectivity index (χ3n) is 3.07. The summed E-state index contributed by atoms with van der Waals surface area (Å²) in [7, 11) is 1.30. The molecule has 1 aromatic rings. The fourth-order valence-corrected chi connectivity index (χ4v) is 2.81. The minimum absolute atomic E-state index is 0.0707. The Morgan fingerprint density at radius 2 is 2.29 bits per heavy atom. The summed E-state index contributed by atoms with van der Waals surface area (Å²) in [6.07, 6.45) is 0.561. The van der Waals surface area contributed by atoms with Gasteiger partial charge in [0.05, 0.1) is 18.5 Å². The Kier molecular flexibility index (Phi) is 4.60. The van der Waals surface area contributed by atoms with Crippen LogP contribution in [-0.4, -0.2) is 47.5 Å². The number of carbonyl (C=O) groups is 3. The number of likely N-dealkylation sites (tertiary alicyclic amines) is 1. The summed E-state index contributed by atoms with van der Waals surface area (Å²) < 4.78 is 4.59. The van der Waals surface area contributed by atoms with Crippen LogP contribution in [0.1, 0.15) is 27.4 Å². The summed E-state index contributed by atoms with van der Waals surface area (Å²) in [5.41, 5.74) is 0. The number of hydrogen-bond acceptors (Lipinski definition) is 5. The molecule has 21 heavy (non-hydrogen) atoms. The highest BCUT2D eigenvalue weighted by Gasteiger charge is 2.35. The lowest BCUT2D eigenvalue weighted by Crippen LogP contribution is -2.38. The highest BCUT2D eigenvalue weighted by Crippen LogP contribution is 2.19. The van der Waals surface area contributed by atoms with Gasteiger partial charge in [0.25, 0.3) is 0 Å². The largest absolute Gasteiger partial charge is 0.480 e. The van der Waals surface area contributed by atoms with Gasteiger partial charge in [0.2, 0.25) is 5.91 Å². The zero-order valence-electron chi connectivity index (χ0n) is 11.3. The number of aliphatic carboxylic acids is 1. The number of rotatable bonds is 3. The van der Waals surface area contributed by atoms with Crippen LogP contribution >= 0.6 is 11.3 Å². The molecule has 1 atom stereocenters. The molecule has 1 N–H and O–H groups in total. The van der Waals surface area contributed by atoms with E-state index in [0.717, 1.165) is 0 Å². The molecule has 1 aliphatic rings. The van der Waals surface area contributed by atoms with Crippen molar-refractivity contribution in [3.8, 4) is 11.8 Å². The maximum atomic E-state index is 11.6. The number of hydrogen-bond donors (Lipinski definition) is 1. The van der Waals surface area contributed by atoms with E-state index >= 15 is 0 Å². The smallest absolute Gasteiger partial charge is 0.348 e. The Morgan fingerprint density at radius 1 is 1.52 bits per heavy atom. The number of carbonyl (C=O) groups excluding carboxylic acids is 2. The Balaban J connectivity index is 2.03. The van der Waals surface area contributed by atoms with E-state index in [2.05, 4.69) is 16.6 Å². The van der Waals surface area contributed by atoms with Crippen molar-refractivity contribution in [1.29, 1.82) is 0 Å². The van der Waals surface area contributed by atoms with Gasteiger partial charge in [-0.15, -0.1) is 11.3 Å². The summed E-state index contributed by atoms with van der Waals surface area (Å²) in [5.74, 6) is 3.98. The van der Waals surface area contributed by atoms with Gasteiger partial charge in [0.15, 0.2) is 0 Å². The SMILES string of the molecule is COC(=O)c1ccc(C#CCN2C(=O)CC[C@@H]2C(=O)O)s1. The van der Waals surface area contributed by atoms with Gasteiger partial charge in [-0.25, -0.2) is 9.59 Å². The Bertz CT molecular complexity index is 639. The predicted molar refractivity (Wildman–Crippen MR) is 74.9 cm³/mol. The lowest BCUT2D eigenvalue weighted by atomic mass is 10.2. The number of nitrogens with zero attached hydrogens (tertiary/aromatic N) is 1. The van der Waals surface area contributed by atoms with Gasteiger partial charge in [0, 0.05) is 6.42 Å². The van der Waals surface area contributed by atoms with E-state index in [1.54, 1.807) is 12.1 Å². The van der Waals surface area contributed by atoms with Crippen molar-refractivity contribution in [3.63, 3.8) is 0 Å². The van der Waals surface area contributed by atoms with Gasteiger partial charge in [0.1, 0.15) is 10.9 Å². The van der Waals surface area contributed by atoms with Crippen molar-refractivity contribution < 1.29 is 24.2 Å². The molecule has 0 saturated carbocycles. The lowest BCUT2D eigenvalue weighted by molar-refractivity contribution is -0.145. The molecular formula is C14H13NO5S. The topological polar surface area (TPSA) is 83.9 Å². The summed E-state index contributed by atoms with van der Waals surface area (Å²) in [6, 6.07) is 2.51. The molecule has 110 valence electrons. The van der Waals surface area contributed by atoms with Crippen LogP contribution in [-0.2, 0) is 14.3 Å². The lowest BCUT2D eigenvalue weighted by Gasteiger charge is -2.18. The summed E-state index contributed by atoms with van der Waals surface area (Å²) >= 11 is 1.19. The Morgan fingerprint density at radius 3 is 2.95 bits per heavy atom. The first-order valence-corrected chi connectivity index (χ1v) is 7.04. The molecule has 0 bridgehead atoms. The third kappa shape index (κ3) is 3.41. The average molecular weight is 307 g/mol. The summed E-state index contributed by atoms with van der Waals surface area (Å²) in [5, 5.41) is 9.02. The van der Waals surface area contributed by atoms with Gasteiger partial charge < -0.3 is 14.7 Å². The first kappa shape index (κ1) is 15.1. The van der Waals surface area contributed by atoms with Gasteiger partial charge >= 0.3 is 11.9 Å². The van der Waals surface area contributed by atoms with E-state index in [-0.39, 0.29) is 18.9 Å². The monoisotopic (exact) mass is 307 g/mol. The molecule has 0 aliphatic carbocycles. The molecule has 7 heteroatoms. The molecule has 2 rings (SSSR count). The van der Waals surface area contributed by atoms with Crippen molar-refractivity contribution >= 4 is 29.2 Å². The maximum absolute atomic E-state index is 11.6. The van der Waals surface area contributed by atoms with Crippen molar-refractivity contribution in [2.75, 3.05) is 13.7 Å². The van der Waals surface area contributed by atoms with E-state index in [1.807, 2.05) is 0 Å². The minimum atomic E-state index is -1.01. The van der Waals surface area contributed by atoms with Gasteiger partial charge in [-0.1, -0.05) is 11.8 Å². The van der Waals surface area contributed by atoms with E-state index in [1.165, 1.54) is 23.3 Å². The van der Waals surface area contributed by atoms with Gasteiger partial charge in [-0.2, -0.15) is 0 Å². The quantitative estimate of drug-likeness (QED) is 0.664. The van der Waals surface area contributed by atoms with Crippen molar-refractivity contribution in [1.82, 2.24) is 4.90 Å². The zero-order chi connectivity index (χ0) is 15.4. The van der Waals surface area contributed by atoms with Crippen LogP contribution < -0.4 is 0 Å². The standard InChI is InChI=1S/C14H13NO5S/c1-20-14(19)11-6-4-9(21-11)3-2-8-15-10(13(17)18)5-7-12(15)16/h4,6,10H,5,7-8H2,1H3,(H,17,18)/t10-/m1/s1. The maximum Gasteiger partial charge on any atom is 0.348 e. The molecule has 2 heterocycles. The van der Waals surface area contributed by atoms with Crippen LogP contribution in [0.15, 0.2) is 12.1 Å².